The number of amides is 1. The van der Waals surface area contributed by atoms with Crippen LogP contribution >= 0.6 is 11.6 Å². The van der Waals surface area contributed by atoms with Crippen LogP contribution in [0.1, 0.15) is 27.4 Å². The SMILES string of the molecule is Cc1nn(Cc2ccco2)c2ncc(C(=O)Nc3ccc(C(F)(F)F)cc3)c(Cl)c12. The summed E-state index contributed by atoms with van der Waals surface area (Å²) in [6, 6.07) is 7.69. The topological polar surface area (TPSA) is 73.0 Å². The molecule has 0 aliphatic heterocycles. The molecule has 1 N–H and O–H groups in total. The van der Waals surface area contributed by atoms with Crippen molar-refractivity contribution >= 4 is 34.2 Å². The third-order valence-corrected chi connectivity index (χ3v) is 4.87. The summed E-state index contributed by atoms with van der Waals surface area (Å²) in [5.74, 6) is 0.0915. The fraction of sp³-hybridized carbons (Fsp3) is 0.150. The van der Waals surface area contributed by atoms with E-state index in [1.54, 1.807) is 30.0 Å². The monoisotopic (exact) mass is 434 g/mol. The summed E-state index contributed by atoms with van der Waals surface area (Å²) in [5, 5.41) is 7.62. The zero-order valence-corrected chi connectivity index (χ0v) is 16.3. The van der Waals surface area contributed by atoms with Crippen molar-refractivity contribution in [1.29, 1.82) is 0 Å². The molecule has 0 unspecified atom stereocenters. The van der Waals surface area contributed by atoms with E-state index in [4.69, 9.17) is 16.0 Å². The number of carbonyl (C=O) groups is 1. The van der Waals surface area contributed by atoms with Crippen molar-refractivity contribution < 1.29 is 22.4 Å². The number of nitrogens with one attached hydrogen (secondary N) is 1. The van der Waals surface area contributed by atoms with Gasteiger partial charge in [0.05, 0.1) is 33.5 Å². The lowest BCUT2D eigenvalue weighted by Gasteiger charge is -2.10. The smallest absolute Gasteiger partial charge is 0.416 e. The Kier molecular flexibility index (Phi) is 4.98. The molecule has 3 heterocycles. The van der Waals surface area contributed by atoms with Crippen LogP contribution in [-0.4, -0.2) is 20.7 Å². The van der Waals surface area contributed by atoms with Crippen molar-refractivity contribution in [3.8, 4) is 0 Å². The first kappa shape index (κ1) is 20.0. The van der Waals surface area contributed by atoms with Crippen molar-refractivity contribution in [3.05, 3.63) is 76.5 Å². The summed E-state index contributed by atoms with van der Waals surface area (Å²) in [6.45, 7) is 2.09. The molecule has 0 fully saturated rings. The molecule has 10 heteroatoms. The maximum Gasteiger partial charge on any atom is 0.416 e. The molecule has 0 saturated heterocycles. The molecule has 1 aromatic carbocycles. The number of furan rings is 1. The van der Waals surface area contributed by atoms with Gasteiger partial charge in [-0.1, -0.05) is 11.6 Å². The lowest BCUT2D eigenvalue weighted by atomic mass is 10.1. The van der Waals surface area contributed by atoms with E-state index in [0.717, 1.165) is 12.1 Å². The van der Waals surface area contributed by atoms with Crippen molar-refractivity contribution in [2.24, 2.45) is 0 Å². The van der Waals surface area contributed by atoms with Gasteiger partial charge in [-0.25, -0.2) is 9.67 Å². The van der Waals surface area contributed by atoms with Crippen molar-refractivity contribution in [2.45, 2.75) is 19.6 Å². The number of benzene rings is 1. The summed E-state index contributed by atoms with van der Waals surface area (Å²) in [4.78, 5) is 17.0. The maximum atomic E-state index is 12.7. The minimum atomic E-state index is -4.45. The van der Waals surface area contributed by atoms with Gasteiger partial charge in [-0.3, -0.25) is 4.79 Å². The van der Waals surface area contributed by atoms with Gasteiger partial charge in [0.1, 0.15) is 12.3 Å². The van der Waals surface area contributed by atoms with Crippen molar-refractivity contribution in [2.75, 3.05) is 5.32 Å². The van der Waals surface area contributed by atoms with E-state index >= 15 is 0 Å². The fourth-order valence-electron chi connectivity index (χ4n) is 3.03. The standard InChI is InChI=1S/C20H14ClF3N4O2/c1-11-16-17(21)15(9-25-18(16)28(27-11)10-14-3-2-8-30-14)19(29)26-13-6-4-12(5-7-13)20(22,23)24/h2-9H,10H2,1H3,(H,26,29). The van der Waals surface area contributed by atoms with E-state index in [2.05, 4.69) is 15.4 Å². The molecule has 0 aliphatic carbocycles. The number of aryl methyl sites for hydroxylation is 1. The van der Waals surface area contributed by atoms with Gasteiger partial charge >= 0.3 is 6.18 Å². The highest BCUT2D eigenvalue weighted by Crippen LogP contribution is 2.31. The first-order valence-electron chi connectivity index (χ1n) is 8.76. The molecule has 154 valence electrons. The summed E-state index contributed by atoms with van der Waals surface area (Å²) in [7, 11) is 0. The van der Waals surface area contributed by atoms with Gasteiger partial charge in [0.15, 0.2) is 5.65 Å². The van der Waals surface area contributed by atoms with Gasteiger partial charge in [0, 0.05) is 11.9 Å². The van der Waals surface area contributed by atoms with E-state index in [1.807, 2.05) is 0 Å². The Bertz CT molecular complexity index is 1220. The van der Waals surface area contributed by atoms with Crippen LogP contribution in [0.2, 0.25) is 5.02 Å². The molecule has 0 saturated carbocycles. The Morgan fingerprint density at radius 2 is 1.97 bits per heavy atom. The minimum absolute atomic E-state index is 0.0877. The molecule has 30 heavy (non-hydrogen) atoms. The molecule has 4 rings (SSSR count). The van der Waals surface area contributed by atoms with E-state index in [-0.39, 0.29) is 16.3 Å². The molecule has 4 aromatic rings. The summed E-state index contributed by atoms with van der Waals surface area (Å²) in [5.41, 5.74) is 0.554. The van der Waals surface area contributed by atoms with Crippen LogP contribution in [0.3, 0.4) is 0 Å². The third-order valence-electron chi connectivity index (χ3n) is 4.47. The summed E-state index contributed by atoms with van der Waals surface area (Å²) in [6.07, 6.45) is -1.59. The van der Waals surface area contributed by atoms with Gasteiger partial charge in [-0.2, -0.15) is 18.3 Å². The molecule has 3 aromatic heterocycles. The van der Waals surface area contributed by atoms with E-state index in [0.29, 0.717) is 29.0 Å². The number of rotatable bonds is 4. The average molecular weight is 435 g/mol. The number of anilines is 1. The highest BCUT2D eigenvalue weighted by Gasteiger charge is 2.30. The third kappa shape index (κ3) is 3.76. The van der Waals surface area contributed by atoms with Crippen LogP contribution in [0, 0.1) is 6.92 Å². The Morgan fingerprint density at radius 1 is 1.23 bits per heavy atom. The normalized spacial score (nSPS) is 11.8. The number of carbonyl (C=O) groups excluding carboxylic acids is 1. The largest absolute Gasteiger partial charge is 0.467 e. The molecular formula is C20H14ClF3N4O2. The van der Waals surface area contributed by atoms with Crippen LogP contribution in [0.4, 0.5) is 18.9 Å². The number of halogens is 4. The second-order valence-corrected chi connectivity index (χ2v) is 6.91. The number of aromatic nitrogens is 3. The van der Waals surface area contributed by atoms with E-state index < -0.39 is 17.6 Å². The number of alkyl halides is 3. The van der Waals surface area contributed by atoms with Crippen molar-refractivity contribution in [3.63, 3.8) is 0 Å². The second-order valence-electron chi connectivity index (χ2n) is 6.54. The van der Waals surface area contributed by atoms with Gasteiger partial charge in [-0.05, 0) is 43.3 Å². The molecule has 0 bridgehead atoms. The van der Waals surface area contributed by atoms with E-state index in [1.165, 1.54) is 18.3 Å². The number of pyridine rings is 1. The van der Waals surface area contributed by atoms with Crippen LogP contribution in [0.15, 0.2) is 53.3 Å². The lowest BCUT2D eigenvalue weighted by molar-refractivity contribution is -0.137. The second kappa shape index (κ2) is 7.49. The Morgan fingerprint density at radius 3 is 2.60 bits per heavy atom. The zero-order valence-electron chi connectivity index (χ0n) is 15.5. The predicted molar refractivity (Wildman–Crippen MR) is 104 cm³/mol. The van der Waals surface area contributed by atoms with Gasteiger partial charge < -0.3 is 9.73 Å². The first-order chi connectivity index (χ1) is 14.2. The lowest BCUT2D eigenvalue weighted by Crippen LogP contribution is -2.14. The molecule has 0 radical (unpaired) electrons. The molecule has 1 amide bonds. The quantitative estimate of drug-likeness (QED) is 0.472. The first-order valence-corrected chi connectivity index (χ1v) is 9.14. The maximum absolute atomic E-state index is 12.7. The molecule has 0 atom stereocenters. The summed E-state index contributed by atoms with van der Waals surface area (Å²) < 4.78 is 45.0. The average Bonchev–Trinajstić information content (AvgIpc) is 3.30. The van der Waals surface area contributed by atoms with Crippen LogP contribution < -0.4 is 5.32 Å². The molecule has 0 spiro atoms. The van der Waals surface area contributed by atoms with Crippen LogP contribution in [0.25, 0.3) is 11.0 Å². The Hall–Kier alpha value is -3.33. The number of hydrogen-bond donors (Lipinski definition) is 1. The Labute approximate surface area is 173 Å². The number of fused-ring (bicyclic) bond motifs is 1. The van der Waals surface area contributed by atoms with Gasteiger partial charge in [0.2, 0.25) is 0 Å². The summed E-state index contributed by atoms with van der Waals surface area (Å²) >= 11 is 6.46. The minimum Gasteiger partial charge on any atom is -0.467 e. The number of hydrogen-bond acceptors (Lipinski definition) is 4. The van der Waals surface area contributed by atoms with Crippen molar-refractivity contribution in [1.82, 2.24) is 14.8 Å². The van der Waals surface area contributed by atoms with Gasteiger partial charge in [0.25, 0.3) is 5.91 Å². The van der Waals surface area contributed by atoms with Crippen LogP contribution in [-0.2, 0) is 12.7 Å². The Balaban J connectivity index is 1.62. The fourth-order valence-corrected chi connectivity index (χ4v) is 3.39. The predicted octanol–water partition coefficient (Wildman–Crippen LogP) is 5.31. The zero-order chi connectivity index (χ0) is 21.5. The molecule has 0 aliphatic rings. The highest BCUT2D eigenvalue weighted by atomic mass is 35.5. The molecule has 6 nitrogen and oxygen atoms in total. The number of nitrogens with zero attached hydrogens (tertiary/aromatic N) is 3. The highest BCUT2D eigenvalue weighted by molar-refractivity contribution is 6.39. The molecular weight excluding hydrogens is 421 g/mol. The van der Waals surface area contributed by atoms with Gasteiger partial charge in [-0.15, -0.1) is 0 Å². The van der Waals surface area contributed by atoms with Crippen LogP contribution in [0.5, 0.6) is 0 Å². The van der Waals surface area contributed by atoms with E-state index in [9.17, 15) is 18.0 Å².